The van der Waals surface area contributed by atoms with Crippen LogP contribution in [0.3, 0.4) is 0 Å². The zero-order valence-corrected chi connectivity index (χ0v) is 12.4. The van der Waals surface area contributed by atoms with Crippen molar-refractivity contribution in [2.24, 2.45) is 5.73 Å². The predicted octanol–water partition coefficient (Wildman–Crippen LogP) is 2.30. The molecule has 0 aliphatic heterocycles. The molecule has 0 aromatic carbocycles. The number of nitrogens with two attached hydrogens (primary N) is 1. The fourth-order valence-corrected chi connectivity index (χ4v) is 2.99. The molecule has 2 aromatic rings. The van der Waals surface area contributed by atoms with Crippen LogP contribution in [0.5, 0.6) is 0 Å². The van der Waals surface area contributed by atoms with E-state index in [0.717, 1.165) is 9.35 Å². The van der Waals surface area contributed by atoms with E-state index in [0.29, 0.717) is 6.54 Å². The fourth-order valence-electron chi connectivity index (χ4n) is 1.49. The highest BCUT2D eigenvalue weighted by Crippen LogP contribution is 2.28. The van der Waals surface area contributed by atoms with E-state index in [2.05, 4.69) is 21.0 Å². The second-order valence-electron chi connectivity index (χ2n) is 3.93. The minimum atomic E-state index is -0.550. The lowest BCUT2D eigenvalue weighted by molar-refractivity contribution is 0.388. The summed E-state index contributed by atoms with van der Waals surface area (Å²) >= 11 is 4.98. The number of halogens is 2. The molecule has 2 aromatic heterocycles. The first kappa shape index (κ1) is 14.5. The zero-order valence-electron chi connectivity index (χ0n) is 9.14. The van der Waals surface area contributed by atoms with Gasteiger partial charge in [0, 0.05) is 27.0 Å². The van der Waals surface area contributed by atoms with Gasteiger partial charge in [0.05, 0.1) is 12.1 Å². The van der Waals surface area contributed by atoms with Crippen LogP contribution in [0.4, 0.5) is 0 Å². The van der Waals surface area contributed by atoms with Gasteiger partial charge in [-0.2, -0.15) is 0 Å². The molecule has 3 N–H and O–H groups in total. The van der Waals surface area contributed by atoms with Crippen LogP contribution in [-0.4, -0.2) is 9.78 Å². The molecule has 0 spiro atoms. The van der Waals surface area contributed by atoms with Crippen molar-refractivity contribution in [3.8, 4) is 0 Å². The van der Waals surface area contributed by atoms with Crippen LogP contribution >= 0.6 is 39.7 Å². The summed E-state index contributed by atoms with van der Waals surface area (Å²) in [6.07, 6.45) is 1.61. The third kappa shape index (κ3) is 3.22. The number of hydrogen-bond donors (Lipinski definition) is 2. The normalized spacial score (nSPS) is 14.1. The highest BCUT2D eigenvalue weighted by atomic mass is 79.9. The highest BCUT2D eigenvalue weighted by molar-refractivity contribution is 9.10. The van der Waals surface area contributed by atoms with Gasteiger partial charge in [0.15, 0.2) is 0 Å². The summed E-state index contributed by atoms with van der Waals surface area (Å²) in [5, 5.41) is 4.84. The van der Waals surface area contributed by atoms with Crippen molar-refractivity contribution < 1.29 is 0 Å². The lowest BCUT2D eigenvalue weighted by atomic mass is 10.0. The Morgan fingerprint density at radius 1 is 1.65 bits per heavy atom. The Hall–Kier alpha value is -0.560. The molecule has 0 fully saturated rings. The number of rotatable bonds is 3. The number of aromatic nitrogens is 2. The first-order valence-corrected chi connectivity index (χ1v) is 6.44. The van der Waals surface area contributed by atoms with Gasteiger partial charge >= 0.3 is 0 Å². The van der Waals surface area contributed by atoms with Gasteiger partial charge in [-0.1, -0.05) is 0 Å². The summed E-state index contributed by atoms with van der Waals surface area (Å²) in [7, 11) is 0. The minimum Gasteiger partial charge on any atom is -0.319 e. The van der Waals surface area contributed by atoms with Crippen molar-refractivity contribution >= 4 is 39.7 Å². The first-order valence-electron chi connectivity index (χ1n) is 4.77. The summed E-state index contributed by atoms with van der Waals surface area (Å²) in [6, 6.07) is 3.47. The standard InChI is InChI=1S/C10H12BrN3OS.ClH/c1-10(12,8-4-7(11)5-16-8)6-14-9(15)2-3-13-14;/h2-5,13H,6,12H2,1H3;1H. The number of thiophene rings is 1. The molecule has 0 aliphatic rings. The number of hydrogen-bond acceptors (Lipinski definition) is 3. The van der Waals surface area contributed by atoms with Crippen LogP contribution in [0.1, 0.15) is 11.8 Å². The fraction of sp³-hybridized carbons (Fsp3) is 0.300. The Balaban J connectivity index is 0.00000144. The molecule has 0 saturated heterocycles. The zero-order chi connectivity index (χ0) is 11.8. The summed E-state index contributed by atoms with van der Waals surface area (Å²) in [5.74, 6) is 0. The summed E-state index contributed by atoms with van der Waals surface area (Å²) < 4.78 is 2.52. The van der Waals surface area contributed by atoms with Crippen LogP contribution in [0.15, 0.2) is 33.0 Å². The third-order valence-electron chi connectivity index (χ3n) is 2.34. The molecular weight excluding hydrogens is 326 g/mol. The highest BCUT2D eigenvalue weighted by Gasteiger charge is 2.24. The number of nitrogens with one attached hydrogen (secondary N) is 1. The number of H-pyrrole nitrogens is 1. The van der Waals surface area contributed by atoms with E-state index in [4.69, 9.17) is 5.73 Å². The molecule has 0 bridgehead atoms. The minimum absolute atomic E-state index is 0. The van der Waals surface area contributed by atoms with Gasteiger partial charge in [0.2, 0.25) is 0 Å². The summed E-state index contributed by atoms with van der Waals surface area (Å²) in [6.45, 7) is 2.35. The Bertz CT molecular complexity index is 545. The van der Waals surface area contributed by atoms with Gasteiger partial charge in [-0.05, 0) is 28.9 Å². The number of aromatic amines is 1. The Labute approximate surface area is 117 Å². The van der Waals surface area contributed by atoms with Gasteiger partial charge in [-0.25, -0.2) is 0 Å². The van der Waals surface area contributed by atoms with Gasteiger partial charge in [0.1, 0.15) is 0 Å². The molecule has 0 aliphatic carbocycles. The maximum absolute atomic E-state index is 11.4. The lowest BCUT2D eigenvalue weighted by Crippen LogP contribution is -2.39. The van der Waals surface area contributed by atoms with E-state index in [9.17, 15) is 4.79 Å². The van der Waals surface area contributed by atoms with Crippen LogP contribution in [0, 0.1) is 0 Å². The van der Waals surface area contributed by atoms with E-state index in [1.807, 2.05) is 18.4 Å². The summed E-state index contributed by atoms with van der Waals surface area (Å²) in [4.78, 5) is 12.4. The largest absolute Gasteiger partial charge is 0.319 e. The van der Waals surface area contributed by atoms with Crippen LogP contribution in [0.2, 0.25) is 0 Å². The third-order valence-corrected chi connectivity index (χ3v) is 4.31. The maximum Gasteiger partial charge on any atom is 0.266 e. The maximum atomic E-state index is 11.4. The molecule has 0 saturated carbocycles. The van der Waals surface area contributed by atoms with Crippen LogP contribution in [0.25, 0.3) is 0 Å². The average Bonchev–Trinajstić information content (AvgIpc) is 2.77. The average molecular weight is 339 g/mol. The van der Waals surface area contributed by atoms with Crippen LogP contribution in [-0.2, 0) is 12.1 Å². The molecule has 94 valence electrons. The second-order valence-corrected chi connectivity index (χ2v) is 5.76. The van der Waals surface area contributed by atoms with Crippen LogP contribution < -0.4 is 11.3 Å². The number of nitrogens with zero attached hydrogens (tertiary/aromatic N) is 1. The van der Waals surface area contributed by atoms with Gasteiger partial charge in [0.25, 0.3) is 5.56 Å². The monoisotopic (exact) mass is 337 g/mol. The van der Waals surface area contributed by atoms with E-state index >= 15 is 0 Å². The van der Waals surface area contributed by atoms with Gasteiger partial charge in [-0.3, -0.25) is 9.48 Å². The van der Waals surface area contributed by atoms with Gasteiger partial charge in [-0.15, -0.1) is 23.7 Å². The topological polar surface area (TPSA) is 63.8 Å². The van der Waals surface area contributed by atoms with Crippen molar-refractivity contribution in [3.05, 3.63) is 43.4 Å². The Morgan fingerprint density at radius 3 is 2.82 bits per heavy atom. The molecule has 0 amide bonds. The molecule has 4 nitrogen and oxygen atoms in total. The molecule has 7 heteroatoms. The lowest BCUT2D eigenvalue weighted by Gasteiger charge is -2.23. The Kier molecular flexibility index (Phi) is 4.60. The van der Waals surface area contributed by atoms with Crippen molar-refractivity contribution in [1.82, 2.24) is 9.78 Å². The quantitative estimate of drug-likeness (QED) is 0.902. The first-order chi connectivity index (χ1) is 7.49. The molecule has 17 heavy (non-hydrogen) atoms. The van der Waals surface area contributed by atoms with Crippen molar-refractivity contribution in [3.63, 3.8) is 0 Å². The van der Waals surface area contributed by atoms with E-state index in [1.165, 1.54) is 10.7 Å². The molecule has 2 heterocycles. The van der Waals surface area contributed by atoms with Crippen molar-refractivity contribution in [1.29, 1.82) is 0 Å². The van der Waals surface area contributed by atoms with Gasteiger partial charge < -0.3 is 10.8 Å². The molecule has 0 radical (unpaired) electrons. The second kappa shape index (κ2) is 5.39. The van der Waals surface area contributed by atoms with Crippen molar-refractivity contribution in [2.75, 3.05) is 0 Å². The molecular formula is C10H13BrClN3OS. The Morgan fingerprint density at radius 2 is 2.35 bits per heavy atom. The summed E-state index contributed by atoms with van der Waals surface area (Å²) in [5.41, 5.74) is 5.61. The van der Waals surface area contributed by atoms with E-state index < -0.39 is 5.54 Å². The molecule has 1 unspecified atom stereocenters. The molecule has 1 atom stereocenters. The molecule has 2 rings (SSSR count). The SMILES string of the molecule is CC(N)(Cn1[nH]ccc1=O)c1cc(Br)cs1.Cl. The van der Waals surface area contributed by atoms with E-state index in [1.54, 1.807) is 17.5 Å². The predicted molar refractivity (Wildman–Crippen MR) is 75.9 cm³/mol. The van der Waals surface area contributed by atoms with Crippen molar-refractivity contribution in [2.45, 2.75) is 19.0 Å². The van der Waals surface area contributed by atoms with E-state index in [-0.39, 0.29) is 18.0 Å². The smallest absolute Gasteiger partial charge is 0.266 e.